The van der Waals surface area contributed by atoms with Gasteiger partial charge < -0.3 is 9.88 Å². The number of hydrogen-bond acceptors (Lipinski definition) is 3. The molecule has 19 heavy (non-hydrogen) atoms. The van der Waals surface area contributed by atoms with E-state index in [0.717, 1.165) is 5.56 Å². The molecule has 0 amide bonds. The predicted molar refractivity (Wildman–Crippen MR) is 85.8 cm³/mol. The van der Waals surface area contributed by atoms with E-state index in [-0.39, 0.29) is 5.56 Å². The fourth-order valence-electron chi connectivity index (χ4n) is 1.76. The monoisotopic (exact) mass is 389 g/mol. The highest BCUT2D eigenvalue weighted by Crippen LogP contribution is 2.18. The molecule has 0 fully saturated rings. The minimum Gasteiger partial charge on any atom is -0.350 e. The van der Waals surface area contributed by atoms with Crippen LogP contribution in [0.4, 0.5) is 5.82 Å². The van der Waals surface area contributed by atoms with Crippen LogP contribution in [0.2, 0.25) is 0 Å². The first-order chi connectivity index (χ1) is 9.22. The van der Waals surface area contributed by atoms with Crippen LogP contribution in [0.5, 0.6) is 0 Å². The van der Waals surface area contributed by atoms with Gasteiger partial charge in [-0.15, -0.1) is 11.6 Å². The topological polar surface area (TPSA) is 49.0 Å². The van der Waals surface area contributed by atoms with Gasteiger partial charge >= 0.3 is 0 Å². The molecule has 2 aromatic rings. The Morgan fingerprint density at radius 1 is 1.32 bits per heavy atom. The zero-order valence-corrected chi connectivity index (χ0v) is 13.1. The van der Waals surface area contributed by atoms with Gasteiger partial charge in [-0.2, -0.15) is 0 Å². The van der Waals surface area contributed by atoms with Crippen LogP contribution in [0.1, 0.15) is 5.56 Å². The summed E-state index contributed by atoms with van der Waals surface area (Å²) in [6.45, 7) is 1.32. The molecular formula is C13H13ClIN3O. The summed E-state index contributed by atoms with van der Waals surface area (Å²) >= 11 is 7.86. The average molecular weight is 390 g/mol. The highest BCUT2D eigenvalue weighted by Gasteiger charge is 2.13. The Labute approximate surface area is 130 Å². The summed E-state index contributed by atoms with van der Waals surface area (Å²) in [6, 6.07) is 10.0. The molecule has 100 valence electrons. The molecule has 1 aromatic heterocycles. The van der Waals surface area contributed by atoms with E-state index in [9.17, 15) is 4.79 Å². The molecule has 2 rings (SSSR count). The second kappa shape index (κ2) is 6.91. The SMILES string of the molecule is O=c1[nH]cnc(N(CCCl)Cc2ccccc2)c1I. The van der Waals surface area contributed by atoms with Gasteiger partial charge in [0.1, 0.15) is 9.39 Å². The molecule has 4 nitrogen and oxygen atoms in total. The molecule has 0 unspecified atom stereocenters. The minimum absolute atomic E-state index is 0.127. The van der Waals surface area contributed by atoms with Gasteiger partial charge in [0, 0.05) is 19.0 Å². The molecule has 0 atom stereocenters. The summed E-state index contributed by atoms with van der Waals surface area (Å²) in [4.78, 5) is 20.5. The first-order valence-corrected chi connectivity index (χ1v) is 7.41. The number of halogens is 2. The second-order valence-electron chi connectivity index (χ2n) is 3.97. The van der Waals surface area contributed by atoms with E-state index >= 15 is 0 Å². The Hall–Kier alpha value is -1.08. The van der Waals surface area contributed by atoms with Crippen LogP contribution < -0.4 is 10.5 Å². The number of hydrogen-bond donors (Lipinski definition) is 1. The fourth-order valence-corrected chi connectivity index (χ4v) is 2.60. The van der Waals surface area contributed by atoms with E-state index in [4.69, 9.17) is 11.6 Å². The lowest BCUT2D eigenvalue weighted by Gasteiger charge is -2.23. The molecule has 1 N–H and O–H groups in total. The summed E-state index contributed by atoms with van der Waals surface area (Å²) in [6.07, 6.45) is 1.42. The highest BCUT2D eigenvalue weighted by molar-refractivity contribution is 14.1. The van der Waals surface area contributed by atoms with Crippen molar-refractivity contribution in [2.75, 3.05) is 17.3 Å². The van der Waals surface area contributed by atoms with Gasteiger partial charge in [-0.3, -0.25) is 4.79 Å². The van der Waals surface area contributed by atoms with Crippen LogP contribution in [0.15, 0.2) is 41.5 Å². The van der Waals surface area contributed by atoms with Crippen molar-refractivity contribution in [1.82, 2.24) is 9.97 Å². The molecule has 1 heterocycles. The van der Waals surface area contributed by atoms with Crippen molar-refractivity contribution in [3.63, 3.8) is 0 Å². The maximum Gasteiger partial charge on any atom is 0.266 e. The summed E-state index contributed by atoms with van der Waals surface area (Å²) < 4.78 is 0.584. The standard InChI is InChI=1S/C13H13ClIN3O/c14-6-7-18(8-10-4-2-1-3-5-10)12-11(15)13(19)17-9-16-12/h1-5,9H,6-8H2,(H,16,17,19). The van der Waals surface area contributed by atoms with Gasteiger partial charge in [0.2, 0.25) is 0 Å². The van der Waals surface area contributed by atoms with Crippen molar-refractivity contribution in [3.8, 4) is 0 Å². The Morgan fingerprint density at radius 3 is 2.74 bits per heavy atom. The number of nitrogens with one attached hydrogen (secondary N) is 1. The van der Waals surface area contributed by atoms with Crippen LogP contribution in [0, 0.1) is 3.57 Å². The molecule has 0 radical (unpaired) electrons. The summed E-state index contributed by atoms with van der Waals surface area (Å²) in [5.74, 6) is 1.16. The number of alkyl halides is 1. The predicted octanol–water partition coefficient (Wildman–Crippen LogP) is 2.62. The van der Waals surface area contributed by atoms with E-state index < -0.39 is 0 Å². The van der Waals surface area contributed by atoms with Crippen LogP contribution in [0.3, 0.4) is 0 Å². The first-order valence-electron chi connectivity index (χ1n) is 5.80. The molecule has 0 saturated carbocycles. The smallest absolute Gasteiger partial charge is 0.266 e. The lowest BCUT2D eigenvalue weighted by atomic mass is 10.2. The van der Waals surface area contributed by atoms with Crippen molar-refractivity contribution in [1.29, 1.82) is 0 Å². The number of H-pyrrole nitrogens is 1. The zero-order chi connectivity index (χ0) is 13.7. The van der Waals surface area contributed by atoms with Crippen molar-refractivity contribution in [2.45, 2.75) is 6.54 Å². The molecule has 6 heteroatoms. The van der Waals surface area contributed by atoms with Crippen molar-refractivity contribution in [3.05, 3.63) is 56.1 Å². The van der Waals surface area contributed by atoms with Gasteiger partial charge in [0.05, 0.1) is 6.33 Å². The number of nitrogens with zero attached hydrogens (tertiary/aromatic N) is 2. The quantitative estimate of drug-likeness (QED) is 0.632. The average Bonchev–Trinajstić information content (AvgIpc) is 2.43. The van der Waals surface area contributed by atoms with Crippen LogP contribution in [0.25, 0.3) is 0 Å². The summed E-state index contributed by atoms with van der Waals surface area (Å²) in [5, 5.41) is 0. The Kier molecular flexibility index (Phi) is 5.21. The molecule has 0 aliphatic heterocycles. The van der Waals surface area contributed by atoms with E-state index in [1.165, 1.54) is 6.33 Å². The van der Waals surface area contributed by atoms with Crippen molar-refractivity contribution in [2.24, 2.45) is 0 Å². The molecule has 0 bridgehead atoms. The first kappa shape index (κ1) is 14.3. The Bertz CT molecular complexity index is 588. The summed E-state index contributed by atoms with van der Waals surface area (Å²) in [7, 11) is 0. The molecular weight excluding hydrogens is 377 g/mol. The van der Waals surface area contributed by atoms with E-state index in [0.29, 0.717) is 28.4 Å². The lowest BCUT2D eigenvalue weighted by molar-refractivity contribution is 0.806. The van der Waals surface area contributed by atoms with Gasteiger partial charge in [0.15, 0.2) is 0 Å². The molecule has 0 aliphatic carbocycles. The van der Waals surface area contributed by atoms with Gasteiger partial charge in [-0.05, 0) is 28.2 Å². The molecule has 0 spiro atoms. The van der Waals surface area contributed by atoms with E-state index in [1.54, 1.807) is 0 Å². The van der Waals surface area contributed by atoms with Crippen molar-refractivity contribution < 1.29 is 0 Å². The maximum absolute atomic E-state index is 11.6. The number of aromatic amines is 1. The number of benzene rings is 1. The minimum atomic E-state index is -0.127. The Morgan fingerprint density at radius 2 is 2.05 bits per heavy atom. The third kappa shape index (κ3) is 3.70. The lowest BCUT2D eigenvalue weighted by Crippen LogP contribution is -2.29. The maximum atomic E-state index is 11.6. The van der Waals surface area contributed by atoms with Crippen LogP contribution in [-0.4, -0.2) is 22.4 Å². The number of rotatable bonds is 5. The number of anilines is 1. The van der Waals surface area contributed by atoms with Crippen LogP contribution >= 0.6 is 34.2 Å². The highest BCUT2D eigenvalue weighted by atomic mass is 127. The normalized spacial score (nSPS) is 10.4. The molecule has 0 aliphatic rings. The summed E-state index contributed by atoms with van der Waals surface area (Å²) in [5.41, 5.74) is 1.03. The van der Waals surface area contributed by atoms with Gasteiger partial charge in [0.25, 0.3) is 5.56 Å². The number of aromatic nitrogens is 2. The van der Waals surface area contributed by atoms with Gasteiger partial charge in [-0.25, -0.2) is 4.98 Å². The second-order valence-corrected chi connectivity index (χ2v) is 5.42. The Balaban J connectivity index is 2.30. The van der Waals surface area contributed by atoms with Gasteiger partial charge in [-0.1, -0.05) is 30.3 Å². The van der Waals surface area contributed by atoms with Crippen LogP contribution in [-0.2, 0) is 6.54 Å². The zero-order valence-electron chi connectivity index (χ0n) is 10.1. The van der Waals surface area contributed by atoms with E-state index in [1.807, 2.05) is 57.8 Å². The third-order valence-electron chi connectivity index (χ3n) is 2.65. The van der Waals surface area contributed by atoms with E-state index in [2.05, 4.69) is 9.97 Å². The molecule has 0 saturated heterocycles. The van der Waals surface area contributed by atoms with Crippen molar-refractivity contribution >= 4 is 40.0 Å². The molecule has 1 aromatic carbocycles. The largest absolute Gasteiger partial charge is 0.350 e. The fraction of sp³-hybridized carbons (Fsp3) is 0.231. The third-order valence-corrected chi connectivity index (χ3v) is 3.79.